The summed E-state index contributed by atoms with van der Waals surface area (Å²) in [6.45, 7) is 12.4. The minimum Gasteiger partial charge on any atom is -0.308 e. The van der Waals surface area contributed by atoms with Crippen LogP contribution in [0.1, 0.15) is 47.5 Å². The molecule has 1 N–H and O–H groups in total. The molecule has 0 heterocycles. The van der Waals surface area contributed by atoms with Crippen LogP contribution in [0, 0.1) is 34.5 Å². The number of halogens is 1. The van der Waals surface area contributed by atoms with Gasteiger partial charge in [0.25, 0.3) is 0 Å². The Hall–Kier alpha value is 0.690. The molecule has 0 saturated heterocycles. The van der Waals surface area contributed by atoms with E-state index in [2.05, 4.69) is 69.6 Å². The molecule has 2 saturated carbocycles. The van der Waals surface area contributed by atoms with Gasteiger partial charge in [-0.1, -0.05) is 57.2 Å². The molecule has 2 fully saturated rings. The predicted octanol–water partition coefficient (Wildman–Crippen LogP) is 4.31. The molecule has 6 atom stereocenters. The molecule has 6 unspecified atom stereocenters. The topological polar surface area (TPSA) is 12.0 Å². The maximum absolute atomic E-state index is 3.43. The first-order valence-corrected chi connectivity index (χ1v) is 8.30. The van der Waals surface area contributed by atoms with Crippen molar-refractivity contribution < 1.29 is 0 Å². The second kappa shape index (κ2) is 4.36. The molecule has 0 amide bonds. The zero-order chi connectivity index (χ0) is 13.0. The summed E-state index contributed by atoms with van der Waals surface area (Å²) in [4.78, 5) is 0. The van der Waals surface area contributed by atoms with E-state index >= 15 is 0 Å². The number of alkyl halides is 1. The van der Waals surface area contributed by atoms with Gasteiger partial charge >= 0.3 is 0 Å². The van der Waals surface area contributed by atoms with Gasteiger partial charge in [-0.25, -0.2) is 0 Å². The summed E-state index contributed by atoms with van der Waals surface area (Å²) < 4.78 is 0.651. The Bertz CT molecular complexity index is 301. The first kappa shape index (κ1) is 14.1. The average molecular weight is 349 g/mol. The van der Waals surface area contributed by atoms with E-state index < -0.39 is 0 Å². The monoisotopic (exact) mass is 349 g/mol. The van der Waals surface area contributed by atoms with Crippen molar-refractivity contribution in [2.75, 3.05) is 7.05 Å². The van der Waals surface area contributed by atoms with E-state index in [1.54, 1.807) is 0 Å². The molecule has 2 aliphatic carbocycles. The van der Waals surface area contributed by atoms with Crippen LogP contribution in [0.2, 0.25) is 0 Å². The van der Waals surface area contributed by atoms with Crippen LogP contribution in [-0.2, 0) is 0 Å². The zero-order valence-corrected chi connectivity index (χ0v) is 14.3. The summed E-state index contributed by atoms with van der Waals surface area (Å²) in [5.41, 5.74) is 1.17. The molecule has 17 heavy (non-hydrogen) atoms. The molecular formula is C15H28IN. The Labute approximate surface area is 121 Å². The minimum absolute atomic E-state index is 0.579. The van der Waals surface area contributed by atoms with Crippen LogP contribution < -0.4 is 5.32 Å². The molecule has 100 valence electrons. The largest absolute Gasteiger partial charge is 0.308 e. The van der Waals surface area contributed by atoms with Gasteiger partial charge in [0.15, 0.2) is 0 Å². The molecule has 0 bridgehead atoms. The van der Waals surface area contributed by atoms with E-state index in [0.717, 1.165) is 23.7 Å². The lowest BCUT2D eigenvalue weighted by molar-refractivity contribution is -0.0612. The SMILES string of the molecule is CNC(I)C1CC1(C)C(C)C1C(C)CC1(C)C. The van der Waals surface area contributed by atoms with Gasteiger partial charge in [0.2, 0.25) is 0 Å². The molecule has 0 aliphatic heterocycles. The first-order chi connectivity index (χ1) is 7.74. The van der Waals surface area contributed by atoms with E-state index in [9.17, 15) is 0 Å². The molecular weight excluding hydrogens is 321 g/mol. The second-order valence-electron chi connectivity index (χ2n) is 7.49. The summed E-state index contributed by atoms with van der Waals surface area (Å²) >= 11 is 2.57. The highest BCUT2D eigenvalue weighted by Gasteiger charge is 2.61. The van der Waals surface area contributed by atoms with E-state index in [1.807, 2.05) is 0 Å². The highest BCUT2D eigenvalue weighted by atomic mass is 127. The van der Waals surface area contributed by atoms with Crippen molar-refractivity contribution in [1.82, 2.24) is 5.32 Å². The second-order valence-corrected chi connectivity index (χ2v) is 8.83. The maximum Gasteiger partial charge on any atom is 0.0625 e. The first-order valence-electron chi connectivity index (χ1n) is 7.05. The number of nitrogens with one attached hydrogen (secondary N) is 1. The Kier molecular flexibility index (Phi) is 3.62. The van der Waals surface area contributed by atoms with Crippen LogP contribution in [0.15, 0.2) is 0 Å². The van der Waals surface area contributed by atoms with Gasteiger partial charge in [-0.05, 0) is 54.4 Å². The van der Waals surface area contributed by atoms with Crippen LogP contribution >= 0.6 is 22.6 Å². The zero-order valence-electron chi connectivity index (χ0n) is 12.2. The van der Waals surface area contributed by atoms with Gasteiger partial charge in [-0.15, -0.1) is 0 Å². The van der Waals surface area contributed by atoms with Gasteiger partial charge in [-0.3, -0.25) is 0 Å². The summed E-state index contributed by atoms with van der Waals surface area (Å²) in [6, 6.07) is 0. The van der Waals surface area contributed by atoms with Gasteiger partial charge in [0, 0.05) is 0 Å². The van der Waals surface area contributed by atoms with Crippen molar-refractivity contribution in [3.8, 4) is 0 Å². The van der Waals surface area contributed by atoms with Gasteiger partial charge in [-0.2, -0.15) is 0 Å². The third-order valence-electron chi connectivity index (χ3n) is 5.92. The Morgan fingerprint density at radius 2 is 1.82 bits per heavy atom. The van der Waals surface area contributed by atoms with Gasteiger partial charge in [0.05, 0.1) is 4.05 Å². The van der Waals surface area contributed by atoms with Crippen molar-refractivity contribution in [2.45, 2.75) is 51.5 Å². The highest BCUT2D eigenvalue weighted by molar-refractivity contribution is 14.1. The third kappa shape index (κ3) is 2.18. The molecule has 0 aromatic carbocycles. The van der Waals surface area contributed by atoms with Gasteiger partial charge < -0.3 is 5.32 Å². The minimum atomic E-state index is 0.579. The molecule has 2 aliphatic rings. The number of hydrogen-bond acceptors (Lipinski definition) is 1. The fourth-order valence-corrected chi connectivity index (χ4v) is 5.94. The van der Waals surface area contributed by atoms with Crippen molar-refractivity contribution in [1.29, 1.82) is 0 Å². The molecule has 0 aromatic rings. The summed E-state index contributed by atoms with van der Waals surface area (Å²) in [6.07, 6.45) is 2.84. The lowest BCUT2D eigenvalue weighted by Crippen LogP contribution is -2.48. The lowest BCUT2D eigenvalue weighted by atomic mass is 9.50. The van der Waals surface area contributed by atoms with Crippen LogP contribution in [-0.4, -0.2) is 11.1 Å². The standard InChI is InChI=1S/C15H28IN/c1-9-7-14(3,4)12(9)10(2)15(5)8-11(15)13(16)17-6/h9-13,17H,7-8H2,1-6H3. The van der Waals surface area contributed by atoms with Crippen molar-refractivity contribution >= 4 is 22.6 Å². The molecule has 0 aromatic heterocycles. The third-order valence-corrected chi connectivity index (χ3v) is 7.41. The highest BCUT2D eigenvalue weighted by Crippen LogP contribution is 2.67. The van der Waals surface area contributed by atoms with Gasteiger partial charge in [0.1, 0.15) is 0 Å². The molecule has 0 radical (unpaired) electrons. The summed E-state index contributed by atoms with van der Waals surface area (Å²) in [5.74, 6) is 3.61. The van der Waals surface area contributed by atoms with E-state index in [1.165, 1.54) is 12.8 Å². The Balaban J connectivity index is 2.04. The lowest BCUT2D eigenvalue weighted by Gasteiger charge is -2.55. The number of hydrogen-bond donors (Lipinski definition) is 1. The van der Waals surface area contributed by atoms with Crippen LogP contribution in [0.4, 0.5) is 0 Å². The average Bonchev–Trinajstić information content (AvgIpc) is 2.89. The normalized spacial score (nSPS) is 47.1. The van der Waals surface area contributed by atoms with Crippen molar-refractivity contribution in [2.24, 2.45) is 34.5 Å². The number of rotatable bonds is 4. The summed E-state index contributed by atoms with van der Waals surface area (Å²) in [7, 11) is 2.09. The maximum atomic E-state index is 3.43. The van der Waals surface area contributed by atoms with Crippen LogP contribution in [0.25, 0.3) is 0 Å². The molecule has 1 nitrogen and oxygen atoms in total. The molecule has 0 spiro atoms. The van der Waals surface area contributed by atoms with E-state index in [0.29, 0.717) is 14.9 Å². The predicted molar refractivity (Wildman–Crippen MR) is 83.3 cm³/mol. The molecule has 2 heteroatoms. The van der Waals surface area contributed by atoms with E-state index in [4.69, 9.17) is 0 Å². The Morgan fingerprint density at radius 3 is 2.24 bits per heavy atom. The Morgan fingerprint density at radius 1 is 1.24 bits per heavy atom. The molecule has 2 rings (SSSR count). The quantitative estimate of drug-likeness (QED) is 0.453. The van der Waals surface area contributed by atoms with E-state index in [-0.39, 0.29) is 0 Å². The smallest absolute Gasteiger partial charge is 0.0625 e. The van der Waals surface area contributed by atoms with Crippen LogP contribution in [0.3, 0.4) is 0 Å². The van der Waals surface area contributed by atoms with Crippen LogP contribution in [0.5, 0.6) is 0 Å². The van der Waals surface area contributed by atoms with Crippen molar-refractivity contribution in [3.05, 3.63) is 0 Å². The van der Waals surface area contributed by atoms with Crippen molar-refractivity contribution in [3.63, 3.8) is 0 Å². The fraction of sp³-hybridized carbons (Fsp3) is 1.00. The summed E-state index contributed by atoms with van der Waals surface area (Å²) in [5, 5.41) is 3.43. The fourth-order valence-electron chi connectivity index (χ4n) is 4.86.